The van der Waals surface area contributed by atoms with E-state index in [-0.39, 0.29) is 10.7 Å². The van der Waals surface area contributed by atoms with Gasteiger partial charge in [-0.25, -0.2) is 4.98 Å². The number of nitrogens with zero attached hydrogens (tertiary/aromatic N) is 1. The van der Waals surface area contributed by atoms with E-state index in [0.29, 0.717) is 38.5 Å². The highest BCUT2D eigenvalue weighted by atomic mass is 35.5. The summed E-state index contributed by atoms with van der Waals surface area (Å²) in [6.07, 6.45) is 0. The number of carbonyl (C=O) groups excluding carboxylic acids is 1. The third-order valence-corrected chi connectivity index (χ3v) is 5.05. The van der Waals surface area contributed by atoms with Gasteiger partial charge in [0.1, 0.15) is 11.3 Å². The molecule has 156 valence electrons. The van der Waals surface area contributed by atoms with Crippen LogP contribution >= 0.6 is 35.4 Å². The van der Waals surface area contributed by atoms with E-state index in [0.717, 1.165) is 5.56 Å². The van der Waals surface area contributed by atoms with E-state index in [9.17, 15) is 4.79 Å². The predicted molar refractivity (Wildman–Crippen MR) is 126 cm³/mol. The predicted octanol–water partition coefficient (Wildman–Crippen LogP) is 5.94. The van der Waals surface area contributed by atoms with Crippen LogP contribution in [0.3, 0.4) is 0 Å². The number of anilines is 1. The van der Waals surface area contributed by atoms with Crippen LogP contribution in [0, 0.1) is 0 Å². The van der Waals surface area contributed by atoms with Crippen molar-refractivity contribution < 1.29 is 13.9 Å². The summed E-state index contributed by atoms with van der Waals surface area (Å²) in [5, 5.41) is 6.73. The number of fused-ring (bicyclic) bond motifs is 1. The van der Waals surface area contributed by atoms with Crippen molar-refractivity contribution in [1.82, 2.24) is 10.3 Å². The number of methoxy groups -OCH3 is 1. The van der Waals surface area contributed by atoms with Crippen molar-refractivity contribution in [1.29, 1.82) is 0 Å². The molecule has 0 unspecified atom stereocenters. The van der Waals surface area contributed by atoms with Gasteiger partial charge in [0.25, 0.3) is 5.91 Å². The van der Waals surface area contributed by atoms with Gasteiger partial charge in [0.05, 0.1) is 12.7 Å². The molecular weight excluding hydrogens is 457 g/mol. The summed E-state index contributed by atoms with van der Waals surface area (Å²) in [7, 11) is 1.48. The number of aromatic nitrogens is 1. The molecule has 6 nitrogen and oxygen atoms in total. The van der Waals surface area contributed by atoms with Crippen molar-refractivity contribution in [2.45, 2.75) is 0 Å². The lowest BCUT2D eigenvalue weighted by Gasteiger charge is -2.12. The van der Waals surface area contributed by atoms with Crippen LogP contribution in [0.15, 0.2) is 65.1 Å². The van der Waals surface area contributed by atoms with Crippen LogP contribution in [-0.4, -0.2) is 23.1 Å². The van der Waals surface area contributed by atoms with Gasteiger partial charge in [-0.3, -0.25) is 10.1 Å². The van der Waals surface area contributed by atoms with Gasteiger partial charge in [0.15, 0.2) is 10.7 Å². The van der Waals surface area contributed by atoms with Crippen molar-refractivity contribution in [2.24, 2.45) is 0 Å². The molecule has 0 bridgehead atoms. The fraction of sp³-hybridized carbons (Fsp3) is 0.0455. The Hall–Kier alpha value is -3.13. The zero-order chi connectivity index (χ0) is 22.0. The fourth-order valence-electron chi connectivity index (χ4n) is 2.91. The number of benzene rings is 3. The molecule has 4 rings (SSSR count). The van der Waals surface area contributed by atoms with E-state index in [1.54, 1.807) is 42.5 Å². The molecule has 0 atom stereocenters. The molecule has 0 fully saturated rings. The molecule has 2 N–H and O–H groups in total. The first kappa shape index (κ1) is 21.1. The fourth-order valence-corrected chi connectivity index (χ4v) is 3.46. The molecule has 31 heavy (non-hydrogen) atoms. The lowest BCUT2D eigenvalue weighted by Crippen LogP contribution is -2.34. The average molecular weight is 472 g/mol. The van der Waals surface area contributed by atoms with E-state index in [1.807, 2.05) is 12.1 Å². The molecule has 0 aliphatic heterocycles. The van der Waals surface area contributed by atoms with Gasteiger partial charge >= 0.3 is 0 Å². The molecule has 0 radical (unpaired) electrons. The van der Waals surface area contributed by atoms with Crippen LogP contribution in [-0.2, 0) is 0 Å². The van der Waals surface area contributed by atoms with Gasteiger partial charge in [-0.05, 0) is 72.9 Å². The molecule has 1 heterocycles. The lowest BCUT2D eigenvalue weighted by molar-refractivity contribution is 0.0975. The van der Waals surface area contributed by atoms with Crippen molar-refractivity contribution in [3.05, 3.63) is 76.3 Å². The first-order valence-electron chi connectivity index (χ1n) is 9.05. The maximum absolute atomic E-state index is 12.5. The van der Waals surface area contributed by atoms with Gasteiger partial charge in [-0.1, -0.05) is 23.2 Å². The first-order valence-corrected chi connectivity index (χ1v) is 10.2. The highest BCUT2D eigenvalue weighted by molar-refractivity contribution is 7.80. The molecule has 0 aliphatic rings. The van der Waals surface area contributed by atoms with E-state index < -0.39 is 5.91 Å². The lowest BCUT2D eigenvalue weighted by atomic mass is 10.2. The summed E-state index contributed by atoms with van der Waals surface area (Å²) < 4.78 is 11.0. The van der Waals surface area contributed by atoms with Crippen molar-refractivity contribution in [3.63, 3.8) is 0 Å². The second-order valence-electron chi connectivity index (χ2n) is 6.46. The minimum atomic E-state index is -0.432. The van der Waals surface area contributed by atoms with Gasteiger partial charge < -0.3 is 14.5 Å². The maximum atomic E-state index is 12.5. The summed E-state index contributed by atoms with van der Waals surface area (Å²) in [4.78, 5) is 17.0. The van der Waals surface area contributed by atoms with Gasteiger partial charge in [0.2, 0.25) is 5.89 Å². The van der Waals surface area contributed by atoms with Crippen molar-refractivity contribution >= 4 is 63.2 Å². The summed E-state index contributed by atoms with van der Waals surface area (Å²) in [5.41, 5.74) is 3.10. The van der Waals surface area contributed by atoms with Crippen LogP contribution in [0.25, 0.3) is 22.6 Å². The third-order valence-electron chi connectivity index (χ3n) is 4.37. The molecule has 0 saturated carbocycles. The molecular formula is C22H15Cl2N3O3S. The normalized spacial score (nSPS) is 10.7. The highest BCUT2D eigenvalue weighted by Crippen LogP contribution is 2.27. The minimum Gasteiger partial charge on any atom is -0.496 e. The largest absolute Gasteiger partial charge is 0.496 e. The zero-order valence-electron chi connectivity index (χ0n) is 16.1. The Balaban J connectivity index is 1.44. The van der Waals surface area contributed by atoms with Crippen LogP contribution < -0.4 is 15.4 Å². The van der Waals surface area contributed by atoms with Crippen LogP contribution in [0.2, 0.25) is 10.0 Å². The summed E-state index contributed by atoms with van der Waals surface area (Å²) in [6.45, 7) is 0. The number of hydrogen-bond donors (Lipinski definition) is 2. The monoisotopic (exact) mass is 471 g/mol. The van der Waals surface area contributed by atoms with Crippen molar-refractivity contribution in [3.8, 4) is 17.2 Å². The number of hydrogen-bond acceptors (Lipinski definition) is 5. The molecule has 0 spiro atoms. The molecule has 4 aromatic rings. The standard InChI is InChI=1S/C22H15Cl2N3O3S/c1-29-18-8-4-13(23)10-16(18)20(28)27-22(31)25-15-6-2-12(3-7-15)21-26-17-11-14(24)5-9-19(17)30-21/h2-11H,1H3,(H2,25,27,28,31). The number of nitrogens with one attached hydrogen (secondary N) is 2. The summed E-state index contributed by atoms with van der Waals surface area (Å²) >= 11 is 17.2. The summed E-state index contributed by atoms with van der Waals surface area (Å²) in [6, 6.07) is 17.3. The number of thiocarbonyl (C=S) groups is 1. The molecule has 0 aliphatic carbocycles. The number of ether oxygens (including phenoxy) is 1. The second kappa shape index (κ2) is 8.93. The smallest absolute Gasteiger partial charge is 0.261 e. The number of amides is 1. The van der Waals surface area contributed by atoms with Crippen LogP contribution in [0.1, 0.15) is 10.4 Å². The minimum absolute atomic E-state index is 0.135. The van der Waals surface area contributed by atoms with Crippen LogP contribution in [0.4, 0.5) is 5.69 Å². The number of rotatable bonds is 4. The Labute approximate surface area is 193 Å². The molecule has 0 saturated heterocycles. The van der Waals surface area contributed by atoms with Crippen molar-refractivity contribution in [2.75, 3.05) is 12.4 Å². The second-order valence-corrected chi connectivity index (χ2v) is 7.74. The quantitative estimate of drug-likeness (QED) is 0.358. The number of halogens is 2. The molecule has 9 heteroatoms. The Morgan fingerprint density at radius 2 is 1.74 bits per heavy atom. The summed E-state index contributed by atoms with van der Waals surface area (Å²) in [5.74, 6) is 0.444. The highest BCUT2D eigenvalue weighted by Gasteiger charge is 2.15. The van der Waals surface area contributed by atoms with Gasteiger partial charge in [0, 0.05) is 21.3 Å². The Morgan fingerprint density at radius 1 is 1.03 bits per heavy atom. The van der Waals surface area contributed by atoms with E-state index >= 15 is 0 Å². The topological polar surface area (TPSA) is 76.4 Å². The van der Waals surface area contributed by atoms with E-state index in [4.69, 9.17) is 44.6 Å². The van der Waals surface area contributed by atoms with E-state index in [1.165, 1.54) is 13.2 Å². The Bertz CT molecular complexity index is 1290. The first-order chi connectivity index (χ1) is 14.9. The van der Waals surface area contributed by atoms with Crippen LogP contribution in [0.5, 0.6) is 5.75 Å². The third kappa shape index (κ3) is 4.80. The molecule has 1 amide bonds. The molecule has 1 aromatic heterocycles. The van der Waals surface area contributed by atoms with Gasteiger partial charge in [-0.2, -0.15) is 0 Å². The zero-order valence-corrected chi connectivity index (χ0v) is 18.4. The number of carbonyl (C=O) groups is 1. The number of oxazole rings is 1. The Kier molecular flexibility index (Phi) is 6.08. The van der Waals surface area contributed by atoms with E-state index in [2.05, 4.69) is 15.6 Å². The molecule has 3 aromatic carbocycles. The Morgan fingerprint density at radius 3 is 2.48 bits per heavy atom. The maximum Gasteiger partial charge on any atom is 0.261 e. The average Bonchev–Trinajstić information content (AvgIpc) is 3.17. The van der Waals surface area contributed by atoms with Gasteiger partial charge in [-0.15, -0.1) is 0 Å². The SMILES string of the molecule is COc1ccc(Cl)cc1C(=O)NC(=S)Nc1ccc(-c2nc3cc(Cl)ccc3o2)cc1.